The van der Waals surface area contributed by atoms with Gasteiger partial charge in [-0.05, 0) is 34.6 Å². The molecule has 1 N–H and O–H groups in total. The molecule has 1 aliphatic heterocycles. The highest BCUT2D eigenvalue weighted by Gasteiger charge is 2.33. The van der Waals surface area contributed by atoms with E-state index in [4.69, 9.17) is 0 Å². The number of aromatic nitrogens is 4. The molecule has 1 aliphatic rings. The first-order chi connectivity index (χ1) is 10.3. The Labute approximate surface area is 133 Å². The molecule has 0 bridgehead atoms. The Hall–Kier alpha value is -1.76. The van der Waals surface area contributed by atoms with Crippen LogP contribution in [0.5, 0.6) is 0 Å². The lowest BCUT2D eigenvalue weighted by atomic mass is 10.0. The van der Waals surface area contributed by atoms with E-state index in [1.165, 1.54) is 0 Å². The van der Waals surface area contributed by atoms with Gasteiger partial charge in [0.15, 0.2) is 5.82 Å². The zero-order chi connectivity index (χ0) is 16.2. The maximum Gasteiger partial charge on any atom is 0.271 e. The third-order valence-electron chi connectivity index (χ3n) is 4.09. The van der Waals surface area contributed by atoms with Crippen molar-refractivity contribution in [3.05, 3.63) is 32.9 Å². The summed E-state index contributed by atoms with van der Waals surface area (Å²) in [6.07, 6.45) is 0. The number of hydrogen-bond donors (Lipinski definition) is 1. The molecule has 0 aliphatic carbocycles. The van der Waals surface area contributed by atoms with E-state index in [0.717, 1.165) is 33.4 Å². The van der Waals surface area contributed by atoms with Crippen LogP contribution in [0, 0.1) is 13.8 Å². The maximum atomic E-state index is 12.5. The molecule has 0 aromatic carbocycles. The highest BCUT2D eigenvalue weighted by molar-refractivity contribution is 8.14. The number of H-pyrrole nitrogens is 1. The molecule has 7 heteroatoms. The Balaban J connectivity index is 2.26. The van der Waals surface area contributed by atoms with Crippen molar-refractivity contribution in [2.45, 2.75) is 45.9 Å². The second-order valence-corrected chi connectivity index (χ2v) is 7.28. The van der Waals surface area contributed by atoms with Crippen LogP contribution in [0.15, 0.2) is 9.79 Å². The average Bonchev–Trinajstić information content (AvgIpc) is 2.87. The van der Waals surface area contributed by atoms with Gasteiger partial charge >= 0.3 is 0 Å². The summed E-state index contributed by atoms with van der Waals surface area (Å²) in [5.74, 6) is 0.754. The van der Waals surface area contributed by atoms with Gasteiger partial charge in [-0.2, -0.15) is 5.10 Å². The quantitative estimate of drug-likeness (QED) is 0.925. The van der Waals surface area contributed by atoms with Crippen LogP contribution in [0.3, 0.4) is 0 Å². The fraction of sp³-hybridized carbons (Fsp3) is 0.533. The number of hydrogen-bond acceptors (Lipinski definition) is 4. The third kappa shape index (κ3) is 2.15. The molecule has 0 spiro atoms. The number of nitrogens with zero attached hydrogens (tertiary/aromatic N) is 4. The molecule has 3 rings (SSSR count). The van der Waals surface area contributed by atoms with Gasteiger partial charge in [-0.15, -0.1) is 0 Å². The first-order valence-electron chi connectivity index (χ1n) is 7.37. The minimum atomic E-state index is -0.0555. The van der Waals surface area contributed by atoms with E-state index in [1.807, 2.05) is 51.0 Å². The molecule has 2 aromatic rings. The summed E-state index contributed by atoms with van der Waals surface area (Å²) >= 11 is 1.63. The van der Waals surface area contributed by atoms with Gasteiger partial charge in [-0.25, -0.2) is 4.99 Å². The standard InChI is InChI=1S/C15H21N5OS/c1-7(2)20-14-12(15(21)18-20)13(22-10(5)16-14)11-8(3)17-19(6)9(11)4/h7,13H,1-6H3,(H,18,21). The summed E-state index contributed by atoms with van der Waals surface area (Å²) in [5.41, 5.74) is 3.86. The van der Waals surface area contributed by atoms with E-state index >= 15 is 0 Å². The molecule has 6 nitrogen and oxygen atoms in total. The van der Waals surface area contributed by atoms with Crippen LogP contribution in [0.2, 0.25) is 0 Å². The summed E-state index contributed by atoms with van der Waals surface area (Å²) in [5, 5.41) is 8.35. The molecule has 0 saturated carbocycles. The molecule has 0 amide bonds. The lowest BCUT2D eigenvalue weighted by Crippen LogP contribution is -2.14. The minimum Gasteiger partial charge on any atom is -0.272 e. The van der Waals surface area contributed by atoms with Gasteiger partial charge < -0.3 is 0 Å². The van der Waals surface area contributed by atoms with Crippen molar-refractivity contribution in [2.24, 2.45) is 12.0 Å². The van der Waals surface area contributed by atoms with E-state index in [0.29, 0.717) is 0 Å². The second kappa shape index (κ2) is 5.15. The van der Waals surface area contributed by atoms with Crippen LogP contribution in [0.4, 0.5) is 5.82 Å². The first-order valence-corrected chi connectivity index (χ1v) is 8.25. The molecule has 2 aromatic heterocycles. The zero-order valence-corrected chi connectivity index (χ0v) is 14.6. The number of nitrogens with one attached hydrogen (secondary N) is 1. The third-order valence-corrected chi connectivity index (χ3v) is 5.23. The van der Waals surface area contributed by atoms with Crippen molar-refractivity contribution >= 4 is 22.6 Å². The number of thioether (sulfide) groups is 1. The fourth-order valence-electron chi connectivity index (χ4n) is 2.96. The van der Waals surface area contributed by atoms with E-state index in [2.05, 4.69) is 15.2 Å². The van der Waals surface area contributed by atoms with E-state index in [-0.39, 0.29) is 16.9 Å². The van der Waals surface area contributed by atoms with Crippen molar-refractivity contribution < 1.29 is 0 Å². The molecule has 0 radical (unpaired) electrons. The van der Waals surface area contributed by atoms with Gasteiger partial charge in [0.05, 0.1) is 21.6 Å². The van der Waals surface area contributed by atoms with Crippen LogP contribution in [0.1, 0.15) is 54.6 Å². The first kappa shape index (κ1) is 15.1. The monoisotopic (exact) mass is 319 g/mol. The van der Waals surface area contributed by atoms with Crippen LogP contribution in [-0.2, 0) is 7.05 Å². The molecular weight excluding hydrogens is 298 g/mol. The van der Waals surface area contributed by atoms with Crippen LogP contribution >= 0.6 is 11.8 Å². The molecule has 1 unspecified atom stereocenters. The molecule has 3 heterocycles. The van der Waals surface area contributed by atoms with Crippen molar-refractivity contribution in [1.82, 2.24) is 19.6 Å². The molecule has 0 saturated heterocycles. The lowest BCUT2D eigenvalue weighted by Gasteiger charge is -2.21. The Morgan fingerprint density at radius 3 is 2.45 bits per heavy atom. The number of aryl methyl sites for hydroxylation is 2. The zero-order valence-electron chi connectivity index (χ0n) is 13.8. The van der Waals surface area contributed by atoms with Gasteiger partial charge in [0.25, 0.3) is 5.56 Å². The van der Waals surface area contributed by atoms with Gasteiger partial charge in [0.1, 0.15) is 0 Å². The predicted octanol–water partition coefficient (Wildman–Crippen LogP) is 2.99. The summed E-state index contributed by atoms with van der Waals surface area (Å²) < 4.78 is 3.73. The molecular formula is C15H21N5OS. The minimum absolute atomic E-state index is 0.0510. The van der Waals surface area contributed by atoms with E-state index in [1.54, 1.807) is 11.8 Å². The summed E-state index contributed by atoms with van der Waals surface area (Å²) in [6, 6.07) is 0.160. The second-order valence-electron chi connectivity index (χ2n) is 5.98. The topological polar surface area (TPSA) is 68.0 Å². The summed E-state index contributed by atoms with van der Waals surface area (Å²) in [7, 11) is 1.94. The Morgan fingerprint density at radius 2 is 1.91 bits per heavy atom. The summed E-state index contributed by atoms with van der Waals surface area (Å²) in [6.45, 7) is 10.1. The Kier molecular flexibility index (Phi) is 3.55. The Bertz CT molecular complexity index is 824. The van der Waals surface area contributed by atoms with Crippen molar-refractivity contribution in [3.63, 3.8) is 0 Å². The number of aromatic amines is 1. The predicted molar refractivity (Wildman–Crippen MR) is 90.3 cm³/mol. The number of rotatable bonds is 2. The van der Waals surface area contributed by atoms with Gasteiger partial charge in [-0.1, -0.05) is 11.8 Å². The van der Waals surface area contributed by atoms with E-state index in [9.17, 15) is 4.79 Å². The highest BCUT2D eigenvalue weighted by atomic mass is 32.2. The van der Waals surface area contributed by atoms with Gasteiger partial charge in [-0.3, -0.25) is 19.3 Å². The number of fused-ring (bicyclic) bond motifs is 1. The molecule has 118 valence electrons. The maximum absolute atomic E-state index is 12.5. The highest BCUT2D eigenvalue weighted by Crippen LogP contribution is 2.45. The van der Waals surface area contributed by atoms with Crippen LogP contribution < -0.4 is 5.56 Å². The largest absolute Gasteiger partial charge is 0.272 e. The normalized spacial score (nSPS) is 17.8. The van der Waals surface area contributed by atoms with E-state index < -0.39 is 0 Å². The molecule has 22 heavy (non-hydrogen) atoms. The van der Waals surface area contributed by atoms with Crippen molar-refractivity contribution in [1.29, 1.82) is 0 Å². The average molecular weight is 319 g/mol. The molecule has 0 fully saturated rings. The SMILES string of the molecule is CC1=Nc2c(c(=O)[nH]n2C(C)C)C(c2c(C)nn(C)c2C)S1. The van der Waals surface area contributed by atoms with Crippen LogP contribution in [0.25, 0.3) is 0 Å². The van der Waals surface area contributed by atoms with Crippen molar-refractivity contribution in [3.8, 4) is 0 Å². The fourth-order valence-corrected chi connectivity index (χ4v) is 4.23. The Morgan fingerprint density at radius 1 is 1.23 bits per heavy atom. The molecule has 1 atom stereocenters. The smallest absolute Gasteiger partial charge is 0.271 e. The lowest BCUT2D eigenvalue weighted by molar-refractivity contribution is 0.533. The van der Waals surface area contributed by atoms with Gasteiger partial charge in [0, 0.05) is 24.3 Å². The number of aliphatic imine (C=N–C) groups is 1. The van der Waals surface area contributed by atoms with Gasteiger partial charge in [0.2, 0.25) is 0 Å². The van der Waals surface area contributed by atoms with Crippen LogP contribution in [-0.4, -0.2) is 24.6 Å². The summed E-state index contributed by atoms with van der Waals surface area (Å²) in [4.78, 5) is 17.1. The van der Waals surface area contributed by atoms with Crippen molar-refractivity contribution in [2.75, 3.05) is 0 Å².